The van der Waals surface area contributed by atoms with E-state index < -0.39 is 31.5 Å². The molecular formula is C34H44F6N12O. The lowest BCUT2D eigenvalue weighted by Crippen LogP contribution is -2.42. The van der Waals surface area contributed by atoms with Crippen molar-refractivity contribution in [2.45, 2.75) is 58.3 Å². The van der Waals surface area contributed by atoms with Gasteiger partial charge in [0.25, 0.3) is 0 Å². The summed E-state index contributed by atoms with van der Waals surface area (Å²) in [7, 11) is 0. The number of nitrogens with zero attached hydrogens (tertiary/aromatic N) is 7. The first kappa shape index (κ1) is 39.3. The number of hydrogen-bond donors (Lipinski definition) is 5. The highest BCUT2D eigenvalue weighted by Gasteiger charge is 2.38. The minimum Gasteiger partial charge on any atom is -0.345 e. The summed E-state index contributed by atoms with van der Waals surface area (Å²) >= 11 is 0. The van der Waals surface area contributed by atoms with Gasteiger partial charge in [0.05, 0.1) is 30.0 Å². The molecule has 0 aromatic carbocycles. The Morgan fingerprint density at radius 1 is 0.792 bits per heavy atom. The molecule has 6 N–H and O–H groups in total. The second-order valence-electron chi connectivity index (χ2n) is 12.9. The molecule has 288 valence electrons. The fourth-order valence-electron chi connectivity index (χ4n) is 7.09. The molecule has 6 aromatic rings. The molecule has 2 fully saturated rings. The number of fused-ring (bicyclic) bond motifs is 6. The molecule has 13 nitrogen and oxygen atoms in total. The van der Waals surface area contributed by atoms with Gasteiger partial charge in [-0.15, -0.1) is 0 Å². The van der Waals surface area contributed by atoms with E-state index in [2.05, 4.69) is 58.3 Å². The lowest BCUT2D eigenvalue weighted by atomic mass is 9.91. The summed E-state index contributed by atoms with van der Waals surface area (Å²) in [5.41, 5.74) is 11.7. The zero-order chi connectivity index (χ0) is 37.2. The van der Waals surface area contributed by atoms with E-state index in [1.165, 1.54) is 17.0 Å². The number of nitrogens with two attached hydrogens (primary N) is 1. The molecule has 8 rings (SSSR count). The van der Waals surface area contributed by atoms with Gasteiger partial charge in [-0.3, -0.25) is 8.80 Å². The lowest BCUT2D eigenvalue weighted by Gasteiger charge is -2.18. The minimum atomic E-state index is -4.42. The van der Waals surface area contributed by atoms with E-state index >= 15 is 0 Å². The number of carbonyl (C=O) groups is 1. The Bertz CT molecular complexity index is 2120. The third-order valence-electron chi connectivity index (χ3n) is 9.69. The Kier molecular flexibility index (Phi) is 11.9. The van der Waals surface area contributed by atoms with Gasteiger partial charge in [0, 0.05) is 67.6 Å². The number of nitrogens with one attached hydrogen (secondary N) is 4. The van der Waals surface area contributed by atoms with Crippen LogP contribution in [0.5, 0.6) is 0 Å². The van der Waals surface area contributed by atoms with Crippen molar-refractivity contribution in [3.63, 3.8) is 0 Å². The highest BCUT2D eigenvalue weighted by atomic mass is 19.4. The van der Waals surface area contributed by atoms with E-state index in [0.717, 1.165) is 53.2 Å². The van der Waals surface area contributed by atoms with Gasteiger partial charge >= 0.3 is 18.4 Å². The van der Waals surface area contributed by atoms with Gasteiger partial charge in [0.1, 0.15) is 6.54 Å². The van der Waals surface area contributed by atoms with Crippen molar-refractivity contribution in [2.75, 3.05) is 39.3 Å². The Morgan fingerprint density at radius 2 is 1.32 bits per heavy atom. The number of aromatic amines is 2. The van der Waals surface area contributed by atoms with Crippen LogP contribution in [0.3, 0.4) is 0 Å². The molecule has 4 atom stereocenters. The van der Waals surface area contributed by atoms with Gasteiger partial charge in [-0.25, -0.2) is 24.7 Å². The fraction of sp³-hybridized carbons (Fsp3) is 0.500. The third-order valence-corrected chi connectivity index (χ3v) is 9.69. The van der Waals surface area contributed by atoms with Crippen molar-refractivity contribution < 1.29 is 31.1 Å². The third kappa shape index (κ3) is 8.51. The molecule has 8 heterocycles. The topological polar surface area (TPSA) is 162 Å². The summed E-state index contributed by atoms with van der Waals surface area (Å²) in [4.78, 5) is 37.5. The number of alkyl halides is 6. The van der Waals surface area contributed by atoms with Crippen LogP contribution in [0.15, 0.2) is 49.3 Å². The number of H-pyrrole nitrogens is 2. The monoisotopic (exact) mass is 750 g/mol. The molecule has 0 aliphatic carbocycles. The van der Waals surface area contributed by atoms with Crippen LogP contribution < -0.4 is 16.4 Å². The van der Waals surface area contributed by atoms with Crippen LogP contribution in [-0.2, 0) is 0 Å². The molecule has 53 heavy (non-hydrogen) atoms. The van der Waals surface area contributed by atoms with Crippen LogP contribution in [0.2, 0.25) is 0 Å². The van der Waals surface area contributed by atoms with Crippen LogP contribution >= 0.6 is 0 Å². The quantitative estimate of drug-likeness (QED) is 0.136. The van der Waals surface area contributed by atoms with E-state index in [9.17, 15) is 31.1 Å². The van der Waals surface area contributed by atoms with Crippen molar-refractivity contribution >= 4 is 39.7 Å². The molecule has 0 radical (unpaired) electrons. The number of carbonyl (C=O) groups excluding carboxylic acids is 1. The molecule has 0 unspecified atom stereocenters. The zero-order valence-electron chi connectivity index (χ0n) is 28.5. The van der Waals surface area contributed by atoms with Crippen LogP contribution in [-0.4, -0.2) is 101 Å². The predicted molar refractivity (Wildman–Crippen MR) is 188 cm³/mol. The standard InChI is InChI=1S/C17H19F3N6O.C14H17N5.C2H4F3N.CH4/c1-2-10-7-25(16(27)24-9-17(18,19)20)8-11(10)13-5-22-14-6-23-15-12(26(13)14)3-4-21-15;1-2-9-5-15-6-10(9)12-7-17-13-8-18-14-11(19(12)13)3-4-16-14;3-2(4,5)1-6;/h3-6,10-11,21H,2,7-9H2,1H3,(H,24,27);3-4,7-10,15-16H,2,5-6H2,1H3;1,6H2;1H4/t10-,11+;9-,10+;;/m11../s1. The number of imidazole rings is 2. The lowest BCUT2D eigenvalue weighted by molar-refractivity contribution is -0.123. The normalized spacial score (nSPS) is 20.4. The minimum absolute atomic E-state index is 0. The van der Waals surface area contributed by atoms with Gasteiger partial charge in [0.15, 0.2) is 22.6 Å². The average Bonchev–Trinajstić information content (AvgIpc) is 3.95. The molecule has 19 heteroatoms. The molecule has 6 aromatic heterocycles. The number of amides is 2. The number of hydrogen-bond acceptors (Lipinski definition) is 7. The van der Waals surface area contributed by atoms with Gasteiger partial charge in [0.2, 0.25) is 0 Å². The van der Waals surface area contributed by atoms with Gasteiger partial charge < -0.3 is 31.2 Å². The van der Waals surface area contributed by atoms with E-state index in [1.807, 2.05) is 41.3 Å². The second kappa shape index (κ2) is 16.0. The molecule has 0 bridgehead atoms. The molecular weight excluding hydrogens is 706 g/mol. The predicted octanol–water partition coefficient (Wildman–Crippen LogP) is 5.98. The second-order valence-corrected chi connectivity index (χ2v) is 12.9. The van der Waals surface area contributed by atoms with E-state index in [4.69, 9.17) is 0 Å². The Balaban J connectivity index is 0.000000181. The van der Waals surface area contributed by atoms with Gasteiger partial charge in [-0.1, -0.05) is 34.1 Å². The fourth-order valence-corrected chi connectivity index (χ4v) is 7.09. The molecule has 2 saturated heterocycles. The van der Waals surface area contributed by atoms with Crippen LogP contribution in [0, 0.1) is 11.8 Å². The zero-order valence-corrected chi connectivity index (χ0v) is 28.5. The molecule has 0 saturated carbocycles. The molecule has 2 amide bonds. The highest BCUT2D eigenvalue weighted by molar-refractivity contribution is 5.76. The average molecular weight is 751 g/mol. The van der Waals surface area contributed by atoms with Crippen molar-refractivity contribution in [1.29, 1.82) is 0 Å². The molecule has 2 aliphatic heterocycles. The van der Waals surface area contributed by atoms with Crippen molar-refractivity contribution in [1.82, 2.24) is 54.2 Å². The first-order valence-electron chi connectivity index (χ1n) is 17.0. The highest BCUT2D eigenvalue weighted by Crippen LogP contribution is 2.36. The maximum Gasteiger partial charge on any atom is 0.405 e. The summed E-state index contributed by atoms with van der Waals surface area (Å²) in [6.45, 7) is 4.65. The first-order chi connectivity index (χ1) is 24.8. The summed E-state index contributed by atoms with van der Waals surface area (Å²) < 4.78 is 73.4. The number of halogens is 6. The first-order valence-corrected chi connectivity index (χ1v) is 17.0. The number of rotatable bonds is 5. The van der Waals surface area contributed by atoms with Crippen molar-refractivity contribution in [3.05, 3.63) is 60.7 Å². The van der Waals surface area contributed by atoms with E-state index in [1.54, 1.807) is 18.6 Å². The Labute approximate surface area is 300 Å². The van der Waals surface area contributed by atoms with Crippen molar-refractivity contribution in [3.8, 4) is 0 Å². The van der Waals surface area contributed by atoms with Gasteiger partial charge in [-0.2, -0.15) is 26.3 Å². The Hall–Kier alpha value is -4.91. The maximum absolute atomic E-state index is 12.4. The SMILES string of the molecule is C.CC[C@@H]1CN(C(=O)NCC(F)(F)F)C[C@@H]1c1cnc2cnc3[nH]ccc3n12.CC[C@@H]1CNC[C@@H]1c1cnc2cnc3[nH]ccc3n12.NCC(F)(F)F. The molecule has 0 spiro atoms. The number of likely N-dealkylation sites (tertiary alicyclic amines) is 1. The number of urea groups is 1. The maximum atomic E-state index is 12.4. The van der Waals surface area contributed by atoms with E-state index in [-0.39, 0.29) is 19.3 Å². The number of aromatic nitrogens is 8. The summed E-state index contributed by atoms with van der Waals surface area (Å²) in [5, 5.41) is 5.47. The van der Waals surface area contributed by atoms with Crippen molar-refractivity contribution in [2.24, 2.45) is 17.6 Å². The van der Waals surface area contributed by atoms with Gasteiger partial charge in [-0.05, 0) is 30.5 Å². The smallest absolute Gasteiger partial charge is 0.345 e. The van der Waals surface area contributed by atoms with Crippen LogP contribution in [0.25, 0.3) is 33.6 Å². The summed E-state index contributed by atoms with van der Waals surface area (Å²) in [6, 6.07) is 3.30. The van der Waals surface area contributed by atoms with Crippen LogP contribution in [0.1, 0.15) is 57.3 Å². The van der Waals surface area contributed by atoms with E-state index in [0.29, 0.717) is 30.6 Å². The Morgan fingerprint density at radius 3 is 1.81 bits per heavy atom. The summed E-state index contributed by atoms with van der Waals surface area (Å²) in [6.07, 6.45) is 4.44. The van der Waals surface area contributed by atoms with Crippen LogP contribution in [0.4, 0.5) is 31.1 Å². The largest absolute Gasteiger partial charge is 0.405 e. The summed E-state index contributed by atoms with van der Waals surface area (Å²) in [5.74, 6) is 1.37. The molecule has 2 aliphatic rings.